The molecular weight excluding hydrogens is 818 g/mol. The fraction of sp³-hybridized carbons (Fsp3) is 0.356. The van der Waals surface area contributed by atoms with Crippen molar-refractivity contribution in [1.82, 2.24) is 48.1 Å². The number of benzene rings is 2. The Hall–Kier alpha value is -6.50. The second kappa shape index (κ2) is 14.0. The van der Waals surface area contributed by atoms with Crippen LogP contribution in [-0.2, 0) is 23.6 Å². The Labute approximate surface area is 356 Å². The quantitative estimate of drug-likeness (QED) is 0.176. The zero-order valence-corrected chi connectivity index (χ0v) is 34.8. The molecule has 1 saturated heterocycles. The van der Waals surface area contributed by atoms with Crippen LogP contribution in [0.4, 0.5) is 13.2 Å². The molecule has 6 aromatic heterocycles. The average molecular weight is 861 g/mol. The molecule has 0 radical (unpaired) electrons. The number of nitrogens with zero attached hydrogens (tertiary/aromatic N) is 9. The monoisotopic (exact) mass is 860 g/mol. The van der Waals surface area contributed by atoms with Gasteiger partial charge in [-0.05, 0) is 93.8 Å². The standard InChI is InChI=1S/C45H43F3N10O5/c1-24-36-32(51-58(27-6-7-30(46)31(47)19-27)39(36)57-17-16-56(43(57)61)35-10-9-33-28(38(35)48)21-49-53(33)4)11-15-55(24)40(59)29-23-54-22-26(25-12-18-62-44(2,3)20-25)5-8-34(54)37(29)45(13-14-45)41-50-42(60)63-52-41/h5-10,16-17,19,21-25,40,59H,11-15,18,20H2,1-4H3,(H,50,52,60)/t24-,25+,40?/m0/s1. The summed E-state index contributed by atoms with van der Waals surface area (Å²) in [6.07, 6.45) is 10.5. The van der Waals surface area contributed by atoms with Crippen molar-refractivity contribution in [2.24, 2.45) is 7.05 Å². The molecule has 0 amide bonds. The Morgan fingerprint density at radius 3 is 2.52 bits per heavy atom. The van der Waals surface area contributed by atoms with Gasteiger partial charge in [-0.15, -0.1) is 0 Å². The smallest absolute Gasteiger partial charge is 0.376 e. The summed E-state index contributed by atoms with van der Waals surface area (Å²) in [5, 5.41) is 26.2. The zero-order chi connectivity index (χ0) is 43.7. The molecule has 324 valence electrons. The molecule has 1 saturated carbocycles. The number of fused-ring (bicyclic) bond motifs is 3. The fourth-order valence-electron chi connectivity index (χ4n) is 10.2. The predicted octanol–water partition coefficient (Wildman–Crippen LogP) is 6.41. The van der Waals surface area contributed by atoms with Gasteiger partial charge in [-0.2, -0.15) is 10.2 Å². The zero-order valence-electron chi connectivity index (χ0n) is 34.8. The van der Waals surface area contributed by atoms with Crippen molar-refractivity contribution in [3.8, 4) is 17.2 Å². The van der Waals surface area contributed by atoms with E-state index in [1.807, 2.05) is 22.4 Å². The van der Waals surface area contributed by atoms with Gasteiger partial charge in [0.25, 0.3) is 0 Å². The molecule has 8 aromatic rings. The van der Waals surface area contributed by atoms with E-state index in [1.54, 1.807) is 13.1 Å². The minimum atomic E-state index is -1.22. The summed E-state index contributed by atoms with van der Waals surface area (Å²) in [4.78, 5) is 31.5. The minimum Gasteiger partial charge on any atom is -0.376 e. The van der Waals surface area contributed by atoms with Gasteiger partial charge in [0.05, 0.1) is 45.2 Å². The molecule has 11 rings (SSSR count). The van der Waals surface area contributed by atoms with E-state index < -0.39 is 46.6 Å². The molecule has 18 heteroatoms. The Morgan fingerprint density at radius 2 is 1.78 bits per heavy atom. The lowest BCUT2D eigenvalue weighted by atomic mass is 9.84. The number of ether oxygens (including phenoxy) is 1. The molecular formula is C45H43F3N10O5. The number of nitrogens with one attached hydrogen (secondary N) is 1. The van der Waals surface area contributed by atoms with E-state index in [9.17, 15) is 23.5 Å². The minimum absolute atomic E-state index is 0.00318. The third-order valence-corrected chi connectivity index (χ3v) is 13.5. The highest BCUT2D eigenvalue weighted by Crippen LogP contribution is 2.56. The van der Waals surface area contributed by atoms with Gasteiger partial charge in [-0.25, -0.2) is 27.4 Å². The predicted molar refractivity (Wildman–Crippen MR) is 223 cm³/mol. The molecule has 8 heterocycles. The van der Waals surface area contributed by atoms with Crippen LogP contribution in [0.5, 0.6) is 0 Å². The van der Waals surface area contributed by atoms with Crippen molar-refractivity contribution in [1.29, 1.82) is 0 Å². The van der Waals surface area contributed by atoms with Gasteiger partial charge >= 0.3 is 11.4 Å². The summed E-state index contributed by atoms with van der Waals surface area (Å²) in [6, 6.07) is 10.1. The lowest BCUT2D eigenvalue weighted by Crippen LogP contribution is -2.38. The summed E-state index contributed by atoms with van der Waals surface area (Å²) in [6.45, 7) is 7.07. The molecule has 2 N–H and O–H groups in total. The van der Waals surface area contributed by atoms with Crippen molar-refractivity contribution < 1.29 is 27.5 Å². The fourth-order valence-corrected chi connectivity index (χ4v) is 10.2. The molecule has 2 fully saturated rings. The largest absolute Gasteiger partial charge is 0.438 e. The average Bonchev–Trinajstić information content (AvgIpc) is 3.72. The van der Waals surface area contributed by atoms with Crippen molar-refractivity contribution in [3.05, 3.63) is 146 Å². The lowest BCUT2D eigenvalue weighted by molar-refractivity contribution is -0.0593. The van der Waals surface area contributed by atoms with Crippen LogP contribution in [0, 0.1) is 17.5 Å². The van der Waals surface area contributed by atoms with Gasteiger partial charge in [-0.3, -0.25) is 28.2 Å². The number of halogens is 3. The van der Waals surface area contributed by atoms with E-state index in [0.717, 1.165) is 41.6 Å². The Kier molecular flexibility index (Phi) is 8.75. The number of H-pyrrole nitrogens is 1. The number of hydrogen-bond donors (Lipinski definition) is 2. The van der Waals surface area contributed by atoms with E-state index in [4.69, 9.17) is 14.4 Å². The van der Waals surface area contributed by atoms with Gasteiger partial charge in [0.15, 0.2) is 23.3 Å². The highest BCUT2D eigenvalue weighted by atomic mass is 19.2. The number of pyridine rings is 1. The third-order valence-electron chi connectivity index (χ3n) is 13.5. The van der Waals surface area contributed by atoms with Crippen LogP contribution in [0.3, 0.4) is 0 Å². The van der Waals surface area contributed by atoms with Gasteiger partial charge in [-0.1, -0.05) is 11.2 Å². The first-order valence-corrected chi connectivity index (χ1v) is 21.0. The van der Waals surface area contributed by atoms with E-state index in [2.05, 4.69) is 47.4 Å². The van der Waals surface area contributed by atoms with Crippen molar-refractivity contribution in [2.45, 2.75) is 82.1 Å². The topological polar surface area (TPSA) is 159 Å². The highest BCUT2D eigenvalue weighted by Gasteiger charge is 2.53. The first kappa shape index (κ1) is 39.4. The maximum absolute atomic E-state index is 16.0. The van der Waals surface area contributed by atoms with E-state index >= 15 is 4.39 Å². The van der Waals surface area contributed by atoms with Crippen LogP contribution >= 0.6 is 0 Å². The SMILES string of the molecule is C[C@H]1c2c(nn(-c3ccc(F)c(F)c3)c2-n2ccn(-c3ccc4c(cnn4C)c3F)c2=O)CCN1C(O)c1cn2cc([C@@H]3CCOC(C)(C)C3)ccc2c1C1(c2noc(=O)[nH]2)CC1. The molecule has 0 bridgehead atoms. The highest BCUT2D eigenvalue weighted by molar-refractivity contribution is 5.81. The number of aliphatic hydroxyl groups excluding tert-OH is 1. The van der Waals surface area contributed by atoms with Crippen LogP contribution in [0.2, 0.25) is 0 Å². The van der Waals surface area contributed by atoms with Crippen LogP contribution in [0.25, 0.3) is 33.6 Å². The lowest BCUT2D eigenvalue weighted by Gasteiger charge is -2.37. The van der Waals surface area contributed by atoms with E-state index in [0.29, 0.717) is 60.6 Å². The number of hydrogen-bond acceptors (Lipinski definition) is 9. The van der Waals surface area contributed by atoms with E-state index in [-0.39, 0.29) is 34.1 Å². The molecule has 63 heavy (non-hydrogen) atoms. The molecule has 15 nitrogen and oxygen atoms in total. The summed E-state index contributed by atoms with van der Waals surface area (Å²) in [5.74, 6) is -2.59. The number of aryl methyl sites for hydroxylation is 1. The van der Waals surface area contributed by atoms with Crippen molar-refractivity contribution in [2.75, 3.05) is 13.2 Å². The van der Waals surface area contributed by atoms with Crippen LogP contribution in [0.15, 0.2) is 87.6 Å². The second-order valence-electron chi connectivity index (χ2n) is 17.7. The normalized spacial score (nSPS) is 20.1. The first-order chi connectivity index (χ1) is 30.2. The van der Waals surface area contributed by atoms with Gasteiger partial charge in [0.1, 0.15) is 12.0 Å². The summed E-state index contributed by atoms with van der Waals surface area (Å²) < 4.78 is 63.7. The number of aromatic amines is 1. The molecule has 3 aliphatic rings. The molecule has 3 atom stereocenters. The van der Waals surface area contributed by atoms with E-state index in [1.165, 1.54) is 49.2 Å². The van der Waals surface area contributed by atoms with Crippen LogP contribution < -0.4 is 11.4 Å². The summed E-state index contributed by atoms with van der Waals surface area (Å²) in [7, 11) is 1.70. The Bertz CT molecular complexity index is 3250. The van der Waals surface area contributed by atoms with Crippen molar-refractivity contribution >= 4 is 16.4 Å². The van der Waals surface area contributed by atoms with Gasteiger partial charge in [0, 0.05) is 80.2 Å². The van der Waals surface area contributed by atoms with Gasteiger partial charge in [0.2, 0.25) is 0 Å². The third kappa shape index (κ3) is 6.09. The molecule has 2 aromatic carbocycles. The van der Waals surface area contributed by atoms with Crippen LogP contribution in [-0.4, -0.2) is 72.0 Å². The van der Waals surface area contributed by atoms with Crippen molar-refractivity contribution in [3.63, 3.8) is 0 Å². The number of rotatable bonds is 8. The maximum atomic E-state index is 16.0. The summed E-state index contributed by atoms with van der Waals surface area (Å²) >= 11 is 0. The Morgan fingerprint density at radius 1 is 0.984 bits per heavy atom. The maximum Gasteiger partial charge on any atom is 0.438 e. The molecule has 0 spiro atoms. The van der Waals surface area contributed by atoms with Crippen LogP contribution in [0.1, 0.15) is 98.4 Å². The van der Waals surface area contributed by atoms with Gasteiger partial charge < -0.3 is 14.2 Å². The Balaban J connectivity index is 1.04. The number of aliphatic hydroxyl groups is 1. The number of imidazole rings is 1. The molecule has 1 aliphatic carbocycles. The second-order valence-corrected chi connectivity index (χ2v) is 17.7. The molecule has 1 unspecified atom stereocenters. The molecule has 2 aliphatic heterocycles. The summed E-state index contributed by atoms with van der Waals surface area (Å²) in [5.41, 5.74) is 3.62. The first-order valence-electron chi connectivity index (χ1n) is 21.0. The number of aromatic nitrogens is 9.